The monoisotopic (exact) mass is 321 g/mol. The van der Waals surface area contributed by atoms with Gasteiger partial charge in [0, 0.05) is 18.5 Å². The maximum Gasteiger partial charge on any atom is 0.328 e. The zero-order valence-electron chi connectivity index (χ0n) is 13.5. The first kappa shape index (κ1) is 16.7. The second kappa shape index (κ2) is 5.86. The van der Waals surface area contributed by atoms with E-state index in [4.69, 9.17) is 4.74 Å². The summed E-state index contributed by atoms with van der Waals surface area (Å²) in [5.41, 5.74) is 0.326. The van der Waals surface area contributed by atoms with E-state index in [1.54, 1.807) is 6.07 Å². The van der Waals surface area contributed by atoms with Gasteiger partial charge in [-0.2, -0.15) is 0 Å². The topological polar surface area (TPSA) is 102 Å². The number of carbonyl (C=O) groups is 2. The number of anilines is 1. The molecule has 2 rings (SSSR count). The summed E-state index contributed by atoms with van der Waals surface area (Å²) in [7, 11) is 1.44. The quantitative estimate of drug-likeness (QED) is 0.680. The van der Waals surface area contributed by atoms with Crippen LogP contribution in [-0.2, 0) is 10.2 Å². The Labute approximate surface area is 133 Å². The molecule has 8 nitrogen and oxygen atoms in total. The van der Waals surface area contributed by atoms with Gasteiger partial charge < -0.3 is 4.74 Å². The number of nitro groups is 1. The smallest absolute Gasteiger partial charge is 0.328 e. The van der Waals surface area contributed by atoms with E-state index in [0.29, 0.717) is 5.75 Å². The molecule has 0 aromatic heterocycles. The van der Waals surface area contributed by atoms with Crippen LogP contribution in [0.15, 0.2) is 12.1 Å². The van der Waals surface area contributed by atoms with E-state index in [-0.39, 0.29) is 29.8 Å². The number of nitrogens with one attached hydrogen (secondary N) is 1. The molecule has 23 heavy (non-hydrogen) atoms. The van der Waals surface area contributed by atoms with E-state index >= 15 is 0 Å². The lowest BCUT2D eigenvalue weighted by atomic mass is 9.85. The SMILES string of the molecule is COc1cc([N+](=O)[O-])c(N2CCC(=O)NC2=O)cc1C(C)(C)C. The number of rotatable bonds is 3. The van der Waals surface area contributed by atoms with Crippen molar-refractivity contribution in [2.75, 3.05) is 18.6 Å². The largest absolute Gasteiger partial charge is 0.496 e. The molecule has 8 heteroatoms. The Bertz CT molecular complexity index is 678. The van der Waals surface area contributed by atoms with Gasteiger partial charge in [0.25, 0.3) is 5.69 Å². The van der Waals surface area contributed by atoms with Gasteiger partial charge in [-0.1, -0.05) is 20.8 Å². The number of benzene rings is 1. The zero-order chi connectivity index (χ0) is 17.4. The third-order valence-electron chi connectivity index (χ3n) is 3.65. The average Bonchev–Trinajstić information content (AvgIpc) is 2.45. The van der Waals surface area contributed by atoms with Crippen molar-refractivity contribution in [3.63, 3.8) is 0 Å². The fourth-order valence-corrected chi connectivity index (χ4v) is 2.47. The third-order valence-corrected chi connectivity index (χ3v) is 3.65. The van der Waals surface area contributed by atoms with Crippen molar-refractivity contribution in [2.45, 2.75) is 32.6 Å². The van der Waals surface area contributed by atoms with Crippen LogP contribution in [0, 0.1) is 10.1 Å². The first-order valence-electron chi connectivity index (χ1n) is 7.13. The number of ether oxygens (including phenoxy) is 1. The van der Waals surface area contributed by atoms with E-state index in [0.717, 1.165) is 5.56 Å². The Morgan fingerprint density at radius 3 is 2.43 bits per heavy atom. The normalized spacial score (nSPS) is 15.4. The van der Waals surface area contributed by atoms with Crippen LogP contribution in [0.1, 0.15) is 32.8 Å². The molecule has 0 saturated carbocycles. The van der Waals surface area contributed by atoms with Crippen molar-refractivity contribution >= 4 is 23.3 Å². The van der Waals surface area contributed by atoms with Crippen LogP contribution in [0.2, 0.25) is 0 Å². The molecule has 1 aromatic carbocycles. The van der Waals surface area contributed by atoms with Crippen LogP contribution >= 0.6 is 0 Å². The molecule has 0 bridgehead atoms. The minimum Gasteiger partial charge on any atom is -0.496 e. The summed E-state index contributed by atoms with van der Waals surface area (Å²) in [4.78, 5) is 35.4. The fraction of sp³-hybridized carbons (Fsp3) is 0.467. The molecule has 0 radical (unpaired) electrons. The molecule has 0 atom stereocenters. The van der Waals surface area contributed by atoms with Crippen molar-refractivity contribution in [3.8, 4) is 5.75 Å². The molecular formula is C15H19N3O5. The number of urea groups is 1. The molecule has 0 spiro atoms. The molecule has 1 aliphatic rings. The molecule has 1 aromatic rings. The Balaban J connectivity index is 2.63. The number of nitro benzene ring substituents is 1. The summed E-state index contributed by atoms with van der Waals surface area (Å²) in [5.74, 6) is -0.0000893. The standard InChI is InChI=1S/C15H19N3O5/c1-15(2,3)9-7-10(11(18(21)22)8-12(9)23-4)17-6-5-13(19)16-14(17)20/h7-8H,5-6H2,1-4H3,(H,16,19,20). The van der Waals surface area contributed by atoms with E-state index in [1.807, 2.05) is 20.8 Å². The Kier molecular flexibility index (Phi) is 4.26. The van der Waals surface area contributed by atoms with Crippen molar-refractivity contribution < 1.29 is 19.2 Å². The number of amides is 3. The Morgan fingerprint density at radius 1 is 1.30 bits per heavy atom. The highest BCUT2D eigenvalue weighted by atomic mass is 16.6. The molecule has 124 valence electrons. The predicted octanol–water partition coefficient (Wildman–Crippen LogP) is 2.35. The fourth-order valence-electron chi connectivity index (χ4n) is 2.47. The van der Waals surface area contributed by atoms with E-state index in [9.17, 15) is 19.7 Å². The molecule has 1 N–H and O–H groups in total. The van der Waals surface area contributed by atoms with Crippen molar-refractivity contribution in [2.24, 2.45) is 0 Å². The lowest BCUT2D eigenvalue weighted by Crippen LogP contribution is -2.49. The summed E-state index contributed by atoms with van der Waals surface area (Å²) in [6.45, 7) is 5.93. The van der Waals surface area contributed by atoms with Gasteiger partial charge in [-0.15, -0.1) is 0 Å². The highest BCUT2D eigenvalue weighted by Crippen LogP contribution is 2.40. The molecular weight excluding hydrogens is 302 g/mol. The Hall–Kier alpha value is -2.64. The number of methoxy groups -OCH3 is 1. The van der Waals surface area contributed by atoms with Crippen molar-refractivity contribution in [1.82, 2.24) is 5.32 Å². The molecule has 0 aliphatic carbocycles. The van der Waals surface area contributed by atoms with Crippen LogP contribution in [0.4, 0.5) is 16.2 Å². The van der Waals surface area contributed by atoms with Gasteiger partial charge in [0.05, 0.1) is 18.1 Å². The Morgan fingerprint density at radius 2 is 1.96 bits per heavy atom. The zero-order valence-corrected chi connectivity index (χ0v) is 13.5. The second-order valence-electron chi connectivity index (χ2n) is 6.30. The van der Waals surface area contributed by atoms with Crippen molar-refractivity contribution in [1.29, 1.82) is 0 Å². The van der Waals surface area contributed by atoms with Crippen LogP contribution in [0.5, 0.6) is 5.75 Å². The van der Waals surface area contributed by atoms with Crippen molar-refractivity contribution in [3.05, 3.63) is 27.8 Å². The second-order valence-corrected chi connectivity index (χ2v) is 6.30. The molecule has 1 aliphatic heterocycles. The number of carbonyl (C=O) groups excluding carboxylic acids is 2. The lowest BCUT2D eigenvalue weighted by molar-refractivity contribution is -0.384. The summed E-state index contributed by atoms with van der Waals surface area (Å²) in [6, 6.07) is 2.25. The van der Waals surface area contributed by atoms with Gasteiger partial charge >= 0.3 is 6.03 Å². The summed E-state index contributed by atoms with van der Waals surface area (Å²) in [5, 5.41) is 13.6. The van der Waals surface area contributed by atoms with E-state index < -0.39 is 16.9 Å². The summed E-state index contributed by atoms with van der Waals surface area (Å²) in [6.07, 6.45) is 0.0970. The third kappa shape index (κ3) is 3.25. The number of hydrogen-bond acceptors (Lipinski definition) is 5. The van der Waals surface area contributed by atoms with Crippen LogP contribution in [-0.4, -0.2) is 30.5 Å². The van der Waals surface area contributed by atoms with Gasteiger partial charge in [-0.3, -0.25) is 25.1 Å². The summed E-state index contributed by atoms with van der Waals surface area (Å²) < 4.78 is 5.27. The molecule has 1 fully saturated rings. The number of imide groups is 1. The van der Waals surface area contributed by atoms with Crippen LogP contribution < -0.4 is 15.0 Å². The first-order chi connectivity index (χ1) is 10.6. The maximum atomic E-state index is 12.0. The molecule has 3 amide bonds. The summed E-state index contributed by atoms with van der Waals surface area (Å²) >= 11 is 0. The minimum atomic E-state index is -0.658. The van der Waals surface area contributed by atoms with Gasteiger partial charge in [-0.25, -0.2) is 4.79 Å². The van der Waals surface area contributed by atoms with Gasteiger partial charge in [-0.05, 0) is 11.5 Å². The number of hydrogen-bond donors (Lipinski definition) is 1. The maximum absolute atomic E-state index is 12.0. The van der Waals surface area contributed by atoms with Gasteiger partial charge in [0.1, 0.15) is 11.4 Å². The predicted molar refractivity (Wildman–Crippen MR) is 83.9 cm³/mol. The number of nitrogens with zero attached hydrogens (tertiary/aromatic N) is 2. The highest BCUT2D eigenvalue weighted by Gasteiger charge is 2.32. The van der Waals surface area contributed by atoms with Gasteiger partial charge in [0.15, 0.2) is 0 Å². The van der Waals surface area contributed by atoms with Gasteiger partial charge in [0.2, 0.25) is 5.91 Å². The highest BCUT2D eigenvalue weighted by molar-refractivity contribution is 6.06. The van der Waals surface area contributed by atoms with E-state index in [1.165, 1.54) is 18.1 Å². The minimum absolute atomic E-state index is 0.0970. The lowest BCUT2D eigenvalue weighted by Gasteiger charge is -2.29. The average molecular weight is 321 g/mol. The molecule has 1 saturated heterocycles. The van der Waals surface area contributed by atoms with E-state index in [2.05, 4.69) is 5.32 Å². The molecule has 1 heterocycles. The van der Waals surface area contributed by atoms with Crippen LogP contribution in [0.25, 0.3) is 0 Å². The first-order valence-corrected chi connectivity index (χ1v) is 7.13. The molecule has 0 unspecified atom stereocenters. The van der Waals surface area contributed by atoms with Crippen LogP contribution in [0.3, 0.4) is 0 Å².